The van der Waals surface area contributed by atoms with E-state index in [4.69, 9.17) is 5.73 Å². The molecular weight excluding hydrogens is 230 g/mol. The van der Waals surface area contributed by atoms with E-state index < -0.39 is 0 Å². The summed E-state index contributed by atoms with van der Waals surface area (Å²) < 4.78 is 0. The predicted molar refractivity (Wildman–Crippen MR) is 80.0 cm³/mol. The van der Waals surface area contributed by atoms with Crippen LogP contribution in [-0.2, 0) is 6.42 Å². The van der Waals surface area contributed by atoms with Crippen LogP contribution in [0.1, 0.15) is 42.0 Å². The van der Waals surface area contributed by atoms with E-state index in [0.29, 0.717) is 11.8 Å². The number of nitrogens with two attached hydrogens (primary N) is 1. The van der Waals surface area contributed by atoms with Gasteiger partial charge in [0.25, 0.3) is 0 Å². The third-order valence-corrected chi connectivity index (χ3v) is 4.30. The summed E-state index contributed by atoms with van der Waals surface area (Å²) in [6.45, 7) is 2.18. The molecule has 0 bridgehead atoms. The smallest absolute Gasteiger partial charge is 0.0329 e. The molecule has 0 aromatic heterocycles. The number of hydrogen-bond acceptors (Lipinski definition) is 1. The Morgan fingerprint density at radius 2 is 1.74 bits per heavy atom. The number of hydrogen-bond donors (Lipinski definition) is 1. The second-order valence-electron chi connectivity index (χ2n) is 5.54. The highest BCUT2D eigenvalue weighted by Crippen LogP contribution is 2.53. The maximum atomic E-state index is 6.42. The summed E-state index contributed by atoms with van der Waals surface area (Å²) in [6, 6.07) is 19.7. The fraction of sp³-hybridized carbons (Fsp3) is 0.333. The lowest BCUT2D eigenvalue weighted by atomic mass is 9.98. The van der Waals surface area contributed by atoms with Gasteiger partial charge in [0.2, 0.25) is 0 Å². The van der Waals surface area contributed by atoms with Gasteiger partial charge in [0.1, 0.15) is 0 Å². The molecule has 1 aliphatic rings. The van der Waals surface area contributed by atoms with E-state index in [2.05, 4.69) is 61.5 Å². The lowest BCUT2D eigenvalue weighted by Crippen LogP contribution is -2.13. The van der Waals surface area contributed by atoms with Crippen LogP contribution in [0.5, 0.6) is 0 Å². The van der Waals surface area contributed by atoms with Crippen molar-refractivity contribution in [2.75, 3.05) is 0 Å². The number of rotatable bonds is 4. The quantitative estimate of drug-likeness (QED) is 0.871. The second kappa shape index (κ2) is 5.18. The SMILES string of the molecule is CCc1ccc(C(N)C2CC2c2ccccc2)cc1. The van der Waals surface area contributed by atoms with Crippen LogP contribution >= 0.6 is 0 Å². The minimum Gasteiger partial charge on any atom is -0.324 e. The van der Waals surface area contributed by atoms with E-state index in [0.717, 1.165) is 6.42 Å². The van der Waals surface area contributed by atoms with Crippen molar-refractivity contribution in [3.63, 3.8) is 0 Å². The molecule has 1 aliphatic carbocycles. The van der Waals surface area contributed by atoms with Crippen LogP contribution < -0.4 is 5.73 Å². The molecule has 19 heavy (non-hydrogen) atoms. The van der Waals surface area contributed by atoms with Crippen molar-refractivity contribution in [2.45, 2.75) is 31.7 Å². The average molecular weight is 251 g/mol. The normalized spacial score (nSPS) is 23.1. The predicted octanol–water partition coefficient (Wildman–Crippen LogP) is 4.05. The summed E-state index contributed by atoms with van der Waals surface area (Å²) in [5.41, 5.74) is 10.5. The largest absolute Gasteiger partial charge is 0.324 e. The molecule has 2 N–H and O–H groups in total. The maximum Gasteiger partial charge on any atom is 0.0329 e. The summed E-state index contributed by atoms with van der Waals surface area (Å²) in [4.78, 5) is 0. The van der Waals surface area contributed by atoms with Crippen molar-refractivity contribution in [3.05, 3.63) is 71.3 Å². The Balaban J connectivity index is 1.70. The molecule has 0 amide bonds. The van der Waals surface area contributed by atoms with Crippen molar-refractivity contribution < 1.29 is 0 Å². The van der Waals surface area contributed by atoms with E-state index >= 15 is 0 Å². The molecule has 1 heteroatoms. The Hall–Kier alpha value is -1.60. The summed E-state index contributed by atoms with van der Waals surface area (Å²) in [5, 5.41) is 0. The van der Waals surface area contributed by atoms with Crippen LogP contribution in [0.2, 0.25) is 0 Å². The molecule has 2 aromatic rings. The third kappa shape index (κ3) is 2.57. The fourth-order valence-electron chi connectivity index (χ4n) is 2.92. The minimum atomic E-state index is 0.177. The highest BCUT2D eigenvalue weighted by molar-refractivity contribution is 5.31. The van der Waals surface area contributed by atoms with Crippen molar-refractivity contribution in [1.82, 2.24) is 0 Å². The van der Waals surface area contributed by atoms with Gasteiger partial charge < -0.3 is 5.73 Å². The molecule has 3 rings (SSSR count). The molecule has 3 unspecified atom stereocenters. The zero-order valence-corrected chi connectivity index (χ0v) is 11.4. The topological polar surface area (TPSA) is 26.0 Å². The van der Waals surface area contributed by atoms with Gasteiger partial charge in [-0.15, -0.1) is 0 Å². The second-order valence-corrected chi connectivity index (χ2v) is 5.54. The molecular formula is C18H21N. The van der Waals surface area contributed by atoms with Crippen LogP contribution in [0, 0.1) is 5.92 Å². The molecule has 0 heterocycles. The Kier molecular flexibility index (Phi) is 3.39. The first-order valence-corrected chi connectivity index (χ1v) is 7.19. The molecule has 0 aliphatic heterocycles. The Bertz CT molecular complexity index is 529. The van der Waals surface area contributed by atoms with Gasteiger partial charge in [-0.3, -0.25) is 0 Å². The minimum absolute atomic E-state index is 0.177. The van der Waals surface area contributed by atoms with E-state index in [-0.39, 0.29) is 6.04 Å². The highest BCUT2D eigenvalue weighted by Gasteiger charge is 2.42. The van der Waals surface area contributed by atoms with Crippen LogP contribution in [0.4, 0.5) is 0 Å². The zero-order valence-electron chi connectivity index (χ0n) is 11.4. The van der Waals surface area contributed by atoms with Gasteiger partial charge in [0.05, 0.1) is 0 Å². The van der Waals surface area contributed by atoms with Crippen LogP contribution in [0.15, 0.2) is 54.6 Å². The van der Waals surface area contributed by atoms with E-state index in [1.54, 1.807) is 0 Å². The summed E-state index contributed by atoms with van der Waals surface area (Å²) in [5.74, 6) is 1.26. The van der Waals surface area contributed by atoms with Gasteiger partial charge in [-0.1, -0.05) is 61.5 Å². The molecule has 1 fully saturated rings. The Labute approximate surface area is 115 Å². The van der Waals surface area contributed by atoms with Crippen LogP contribution in [0.25, 0.3) is 0 Å². The highest BCUT2D eigenvalue weighted by atomic mass is 14.7. The van der Waals surface area contributed by atoms with Crippen molar-refractivity contribution >= 4 is 0 Å². The van der Waals surface area contributed by atoms with E-state index in [1.807, 2.05) is 0 Å². The maximum absolute atomic E-state index is 6.42. The molecule has 1 saturated carbocycles. The van der Waals surface area contributed by atoms with E-state index in [1.165, 1.54) is 23.1 Å². The summed E-state index contributed by atoms with van der Waals surface area (Å²) in [7, 11) is 0. The van der Waals surface area contributed by atoms with Crippen molar-refractivity contribution in [3.8, 4) is 0 Å². The van der Waals surface area contributed by atoms with Gasteiger partial charge in [0, 0.05) is 6.04 Å². The monoisotopic (exact) mass is 251 g/mol. The van der Waals surface area contributed by atoms with Gasteiger partial charge in [-0.2, -0.15) is 0 Å². The molecule has 0 saturated heterocycles. The lowest BCUT2D eigenvalue weighted by Gasteiger charge is -2.12. The third-order valence-electron chi connectivity index (χ3n) is 4.30. The zero-order chi connectivity index (χ0) is 13.2. The standard InChI is InChI=1S/C18H21N/c1-2-13-8-10-15(11-9-13)18(19)17-12-16(17)14-6-4-3-5-7-14/h3-11,16-18H,2,12,19H2,1H3. The first kappa shape index (κ1) is 12.4. The lowest BCUT2D eigenvalue weighted by molar-refractivity contribution is 0.615. The Morgan fingerprint density at radius 1 is 1.05 bits per heavy atom. The van der Waals surface area contributed by atoms with Crippen LogP contribution in [-0.4, -0.2) is 0 Å². The molecule has 2 aromatic carbocycles. The average Bonchev–Trinajstić information content (AvgIpc) is 3.28. The summed E-state index contributed by atoms with van der Waals surface area (Å²) >= 11 is 0. The first-order valence-electron chi connectivity index (χ1n) is 7.19. The van der Waals surface area contributed by atoms with Gasteiger partial charge >= 0.3 is 0 Å². The van der Waals surface area contributed by atoms with Gasteiger partial charge in [0.15, 0.2) is 0 Å². The molecule has 98 valence electrons. The van der Waals surface area contributed by atoms with Gasteiger partial charge in [-0.05, 0) is 41.4 Å². The fourth-order valence-corrected chi connectivity index (χ4v) is 2.92. The van der Waals surface area contributed by atoms with Crippen molar-refractivity contribution in [2.24, 2.45) is 11.7 Å². The Morgan fingerprint density at radius 3 is 2.37 bits per heavy atom. The van der Waals surface area contributed by atoms with Crippen molar-refractivity contribution in [1.29, 1.82) is 0 Å². The van der Waals surface area contributed by atoms with Gasteiger partial charge in [-0.25, -0.2) is 0 Å². The van der Waals surface area contributed by atoms with Crippen LogP contribution in [0.3, 0.4) is 0 Å². The summed E-state index contributed by atoms with van der Waals surface area (Å²) in [6.07, 6.45) is 2.31. The number of benzene rings is 2. The number of aryl methyl sites for hydroxylation is 1. The molecule has 3 atom stereocenters. The molecule has 0 spiro atoms. The first-order chi connectivity index (χ1) is 9.29. The molecule has 1 nitrogen and oxygen atoms in total. The van der Waals surface area contributed by atoms with E-state index in [9.17, 15) is 0 Å². The molecule has 0 radical (unpaired) electrons.